The first kappa shape index (κ1) is 27.9. The Kier molecular flexibility index (Phi) is 11.8. The molecular weight excluding hydrogens is 448 g/mol. The van der Waals surface area contributed by atoms with Crippen LogP contribution in [0.3, 0.4) is 0 Å². The van der Waals surface area contributed by atoms with Crippen LogP contribution in [0.1, 0.15) is 42.9 Å². The Bertz CT molecular complexity index is 965. The molecule has 0 radical (unpaired) electrons. The number of rotatable bonds is 15. The van der Waals surface area contributed by atoms with E-state index in [9.17, 15) is 9.59 Å². The molecule has 0 spiro atoms. The molecular formula is C27H34N2O6. The molecule has 0 aliphatic carbocycles. The molecule has 2 aromatic rings. The van der Waals surface area contributed by atoms with E-state index in [4.69, 9.17) is 19.7 Å². The fourth-order valence-electron chi connectivity index (χ4n) is 3.25. The minimum Gasteiger partial charge on any atom is -0.462 e. The number of esters is 2. The van der Waals surface area contributed by atoms with Gasteiger partial charge < -0.3 is 19.7 Å². The van der Waals surface area contributed by atoms with E-state index in [1.807, 2.05) is 30.6 Å². The molecule has 2 N–H and O–H groups in total. The van der Waals surface area contributed by atoms with E-state index in [-0.39, 0.29) is 24.4 Å². The van der Waals surface area contributed by atoms with Crippen LogP contribution < -0.4 is 0 Å². The quantitative estimate of drug-likeness (QED) is 0.226. The topological polar surface area (TPSA) is 119 Å². The zero-order valence-electron chi connectivity index (χ0n) is 20.3. The normalized spacial score (nSPS) is 10.6. The van der Waals surface area contributed by atoms with Crippen LogP contribution in [-0.2, 0) is 38.3 Å². The molecule has 0 saturated carbocycles. The standard InChI is InChI=1S/C27H34N2O6/c1-4-5-6-7-23-15-28-25(29-16-23)24-13-21(8-10-34-26(32)19(2)17-30)12-22(14-24)9-11-35-27(33)20(3)18-31/h12-16,30-31H,2-11,17-18H2,1H3. The summed E-state index contributed by atoms with van der Waals surface area (Å²) in [6.45, 7) is 8.41. The lowest BCUT2D eigenvalue weighted by molar-refractivity contribution is -0.140. The SMILES string of the molecule is C=C(CO)C(=O)OCCc1cc(CCOC(=O)C(=C)CO)cc(-c2ncc(CCCCC)cn2)c1. The maximum atomic E-state index is 11.8. The molecule has 1 aromatic carbocycles. The average Bonchev–Trinajstić information content (AvgIpc) is 2.88. The van der Waals surface area contributed by atoms with E-state index in [0.29, 0.717) is 18.7 Å². The van der Waals surface area contributed by atoms with E-state index >= 15 is 0 Å². The van der Waals surface area contributed by atoms with Crippen molar-refractivity contribution in [2.45, 2.75) is 45.4 Å². The molecule has 8 heteroatoms. The number of unbranched alkanes of at least 4 members (excludes halogenated alkanes) is 2. The summed E-state index contributed by atoms with van der Waals surface area (Å²) in [5.74, 6) is -0.701. The Labute approximate surface area is 206 Å². The van der Waals surface area contributed by atoms with Crippen LogP contribution >= 0.6 is 0 Å². The number of hydrogen-bond acceptors (Lipinski definition) is 8. The van der Waals surface area contributed by atoms with Crippen LogP contribution in [0.2, 0.25) is 0 Å². The van der Waals surface area contributed by atoms with Crippen LogP contribution in [0.5, 0.6) is 0 Å². The van der Waals surface area contributed by atoms with E-state index in [1.54, 1.807) is 0 Å². The maximum Gasteiger partial charge on any atom is 0.335 e. The highest BCUT2D eigenvalue weighted by atomic mass is 16.5. The molecule has 0 aliphatic heterocycles. The predicted molar refractivity (Wildman–Crippen MR) is 132 cm³/mol. The molecule has 0 unspecified atom stereocenters. The van der Waals surface area contributed by atoms with Gasteiger partial charge in [0.1, 0.15) is 0 Å². The molecule has 8 nitrogen and oxygen atoms in total. The Hall–Kier alpha value is -3.36. The van der Waals surface area contributed by atoms with Gasteiger partial charge in [-0.15, -0.1) is 0 Å². The maximum absolute atomic E-state index is 11.8. The molecule has 1 heterocycles. The minimum absolute atomic E-state index is 0.00171. The van der Waals surface area contributed by atoms with Crippen LogP contribution in [0, 0.1) is 0 Å². The van der Waals surface area contributed by atoms with Crippen molar-refractivity contribution >= 4 is 11.9 Å². The largest absolute Gasteiger partial charge is 0.462 e. The van der Waals surface area contributed by atoms with Gasteiger partial charge >= 0.3 is 11.9 Å². The Morgan fingerprint density at radius 3 is 1.77 bits per heavy atom. The van der Waals surface area contributed by atoms with Gasteiger partial charge in [0.2, 0.25) is 0 Å². The lowest BCUT2D eigenvalue weighted by Gasteiger charge is -2.11. The molecule has 0 bridgehead atoms. The number of carbonyl (C=O) groups excluding carboxylic acids is 2. The lowest BCUT2D eigenvalue weighted by Crippen LogP contribution is -2.13. The summed E-state index contributed by atoms with van der Waals surface area (Å²) in [6, 6.07) is 5.81. The monoisotopic (exact) mass is 482 g/mol. The van der Waals surface area contributed by atoms with Gasteiger partial charge in [0.25, 0.3) is 0 Å². The first-order valence-electron chi connectivity index (χ1n) is 11.7. The van der Waals surface area contributed by atoms with Crippen LogP contribution in [0.4, 0.5) is 0 Å². The van der Waals surface area contributed by atoms with Gasteiger partial charge in [-0.05, 0) is 41.7 Å². The van der Waals surface area contributed by atoms with E-state index in [1.165, 1.54) is 6.42 Å². The highest BCUT2D eigenvalue weighted by molar-refractivity contribution is 5.88. The second kappa shape index (κ2) is 14.8. The number of hydrogen-bond donors (Lipinski definition) is 2. The van der Waals surface area contributed by atoms with Crippen LogP contribution in [0.25, 0.3) is 11.4 Å². The summed E-state index contributed by atoms with van der Waals surface area (Å²) >= 11 is 0. The fraction of sp³-hybridized carbons (Fsp3) is 0.407. The zero-order chi connectivity index (χ0) is 25.6. The smallest absolute Gasteiger partial charge is 0.335 e. The van der Waals surface area contributed by atoms with Gasteiger partial charge in [0.15, 0.2) is 5.82 Å². The highest BCUT2D eigenvalue weighted by Gasteiger charge is 2.11. The van der Waals surface area contributed by atoms with Gasteiger partial charge in [-0.3, -0.25) is 0 Å². The van der Waals surface area contributed by atoms with E-state index in [2.05, 4.69) is 30.0 Å². The average molecular weight is 483 g/mol. The first-order chi connectivity index (χ1) is 16.9. The summed E-state index contributed by atoms with van der Waals surface area (Å²) < 4.78 is 10.3. The summed E-state index contributed by atoms with van der Waals surface area (Å²) in [5, 5.41) is 18.0. The van der Waals surface area contributed by atoms with Gasteiger partial charge in [-0.1, -0.05) is 39.0 Å². The molecule has 0 atom stereocenters. The number of aromatic nitrogens is 2. The molecule has 0 fully saturated rings. The van der Waals surface area contributed by atoms with E-state index < -0.39 is 25.2 Å². The molecule has 2 rings (SSSR count). The van der Waals surface area contributed by atoms with Crippen molar-refractivity contribution in [1.82, 2.24) is 9.97 Å². The van der Waals surface area contributed by atoms with Gasteiger partial charge in [-0.2, -0.15) is 0 Å². The van der Waals surface area contributed by atoms with Crippen LogP contribution in [-0.4, -0.2) is 58.5 Å². The lowest BCUT2D eigenvalue weighted by atomic mass is 10.0. The van der Waals surface area contributed by atoms with Crippen molar-refractivity contribution in [3.63, 3.8) is 0 Å². The second-order valence-corrected chi connectivity index (χ2v) is 8.21. The van der Waals surface area contributed by atoms with Crippen molar-refractivity contribution in [3.8, 4) is 11.4 Å². The van der Waals surface area contributed by atoms with Crippen molar-refractivity contribution in [2.24, 2.45) is 0 Å². The number of aryl methyl sites for hydroxylation is 1. The van der Waals surface area contributed by atoms with Crippen molar-refractivity contribution in [3.05, 3.63) is 71.6 Å². The number of benzene rings is 1. The number of aliphatic hydroxyl groups excluding tert-OH is 2. The van der Waals surface area contributed by atoms with Gasteiger partial charge in [0.05, 0.1) is 37.6 Å². The van der Waals surface area contributed by atoms with Crippen molar-refractivity contribution in [1.29, 1.82) is 0 Å². The fourth-order valence-corrected chi connectivity index (χ4v) is 3.25. The number of aliphatic hydroxyl groups is 2. The zero-order valence-corrected chi connectivity index (χ0v) is 20.3. The summed E-state index contributed by atoms with van der Waals surface area (Å²) in [6.07, 6.45) is 8.91. The molecule has 0 saturated heterocycles. The second-order valence-electron chi connectivity index (χ2n) is 8.21. The Balaban J connectivity index is 2.15. The Morgan fingerprint density at radius 1 is 0.800 bits per heavy atom. The molecule has 1 aromatic heterocycles. The first-order valence-corrected chi connectivity index (χ1v) is 11.7. The van der Waals surface area contributed by atoms with Crippen molar-refractivity contribution in [2.75, 3.05) is 26.4 Å². The highest BCUT2D eigenvalue weighted by Crippen LogP contribution is 2.21. The predicted octanol–water partition coefficient (Wildman–Crippen LogP) is 3.14. The number of ether oxygens (including phenoxy) is 2. The third-order valence-electron chi connectivity index (χ3n) is 5.29. The van der Waals surface area contributed by atoms with E-state index in [0.717, 1.165) is 41.5 Å². The number of carbonyl (C=O) groups is 2. The van der Waals surface area contributed by atoms with Gasteiger partial charge in [0, 0.05) is 30.8 Å². The molecule has 0 amide bonds. The molecule has 0 aliphatic rings. The van der Waals surface area contributed by atoms with Gasteiger partial charge in [-0.25, -0.2) is 19.6 Å². The number of nitrogens with zero attached hydrogens (tertiary/aromatic N) is 2. The summed E-state index contributed by atoms with van der Waals surface area (Å²) in [5.41, 5.74) is 3.67. The third-order valence-corrected chi connectivity index (χ3v) is 5.29. The summed E-state index contributed by atoms with van der Waals surface area (Å²) in [7, 11) is 0. The summed E-state index contributed by atoms with van der Waals surface area (Å²) in [4.78, 5) is 32.6. The Morgan fingerprint density at radius 2 is 1.31 bits per heavy atom. The van der Waals surface area contributed by atoms with Crippen molar-refractivity contribution < 1.29 is 29.3 Å². The molecule has 188 valence electrons. The minimum atomic E-state index is -0.637. The molecule has 35 heavy (non-hydrogen) atoms. The third kappa shape index (κ3) is 9.42. The van der Waals surface area contributed by atoms with Crippen LogP contribution in [0.15, 0.2) is 54.9 Å².